The van der Waals surface area contributed by atoms with Crippen LogP contribution >= 0.6 is 0 Å². The van der Waals surface area contributed by atoms with E-state index in [0.29, 0.717) is 18.6 Å². The lowest BCUT2D eigenvalue weighted by molar-refractivity contribution is -0.121. The van der Waals surface area contributed by atoms with E-state index < -0.39 is 0 Å². The molecule has 1 aromatic heterocycles. The highest BCUT2D eigenvalue weighted by Crippen LogP contribution is 2.21. The summed E-state index contributed by atoms with van der Waals surface area (Å²) in [6, 6.07) is -0.155. The van der Waals surface area contributed by atoms with Crippen molar-refractivity contribution in [2.75, 3.05) is 0 Å². The molecular formula is C14H21N5O2. The topological polar surface area (TPSA) is 88.4 Å². The van der Waals surface area contributed by atoms with Gasteiger partial charge in [-0.25, -0.2) is 5.43 Å². The van der Waals surface area contributed by atoms with Gasteiger partial charge in [-0.3, -0.25) is 14.3 Å². The Hall–Kier alpha value is -2.18. The Labute approximate surface area is 123 Å². The minimum atomic E-state index is -0.245. The van der Waals surface area contributed by atoms with Crippen LogP contribution in [0.4, 0.5) is 0 Å². The van der Waals surface area contributed by atoms with Gasteiger partial charge in [0.25, 0.3) is 5.91 Å². The van der Waals surface area contributed by atoms with Gasteiger partial charge in [0.2, 0.25) is 5.91 Å². The second-order valence-corrected chi connectivity index (χ2v) is 5.19. The molecular weight excluding hydrogens is 270 g/mol. The Morgan fingerprint density at radius 1 is 1.43 bits per heavy atom. The first-order valence-corrected chi connectivity index (χ1v) is 7.14. The van der Waals surface area contributed by atoms with Gasteiger partial charge in [0.05, 0.1) is 11.7 Å². The number of hydrogen-bond donors (Lipinski definition) is 2. The van der Waals surface area contributed by atoms with Gasteiger partial charge < -0.3 is 5.32 Å². The molecule has 0 saturated carbocycles. The maximum Gasteiger partial charge on any atom is 0.267 e. The summed E-state index contributed by atoms with van der Waals surface area (Å²) in [5.74, 6) is -0.402. The molecule has 0 saturated heterocycles. The van der Waals surface area contributed by atoms with E-state index in [1.54, 1.807) is 0 Å². The molecule has 2 amide bonds. The quantitative estimate of drug-likeness (QED) is 0.866. The molecule has 1 aromatic rings. The van der Waals surface area contributed by atoms with Crippen LogP contribution in [0, 0.1) is 13.8 Å². The van der Waals surface area contributed by atoms with E-state index in [4.69, 9.17) is 0 Å². The number of nitrogens with one attached hydrogen (secondary N) is 2. The van der Waals surface area contributed by atoms with Gasteiger partial charge in [0.1, 0.15) is 5.71 Å². The number of amides is 2. The summed E-state index contributed by atoms with van der Waals surface area (Å²) >= 11 is 0. The predicted octanol–water partition coefficient (Wildman–Crippen LogP) is 0.963. The van der Waals surface area contributed by atoms with Crippen LogP contribution in [0.3, 0.4) is 0 Å². The Bertz CT molecular complexity index is 603. The van der Waals surface area contributed by atoms with Crippen molar-refractivity contribution in [1.29, 1.82) is 0 Å². The predicted molar refractivity (Wildman–Crippen MR) is 78.7 cm³/mol. The van der Waals surface area contributed by atoms with Crippen LogP contribution in [-0.4, -0.2) is 27.3 Å². The van der Waals surface area contributed by atoms with E-state index in [2.05, 4.69) is 20.9 Å². The smallest absolute Gasteiger partial charge is 0.267 e. The number of hydrazone groups is 1. The molecule has 0 fully saturated rings. The van der Waals surface area contributed by atoms with E-state index in [1.807, 2.05) is 32.4 Å². The Morgan fingerprint density at radius 2 is 2.14 bits per heavy atom. The Morgan fingerprint density at radius 3 is 2.67 bits per heavy atom. The number of carbonyl (C=O) groups excluding carboxylic acids is 2. The molecule has 2 rings (SSSR count). The first-order chi connectivity index (χ1) is 9.93. The van der Waals surface area contributed by atoms with Gasteiger partial charge in [0, 0.05) is 30.6 Å². The van der Waals surface area contributed by atoms with Crippen molar-refractivity contribution in [3.8, 4) is 0 Å². The van der Waals surface area contributed by atoms with Crippen LogP contribution in [0.15, 0.2) is 5.10 Å². The third-order valence-electron chi connectivity index (χ3n) is 3.68. The third kappa shape index (κ3) is 3.12. The zero-order valence-electron chi connectivity index (χ0n) is 12.9. The molecule has 0 bridgehead atoms. The first-order valence-electron chi connectivity index (χ1n) is 7.14. The summed E-state index contributed by atoms with van der Waals surface area (Å²) in [5, 5.41) is 11.2. The van der Waals surface area contributed by atoms with Gasteiger partial charge >= 0.3 is 0 Å². The first kappa shape index (κ1) is 15.2. The Balaban J connectivity index is 2.11. The molecule has 0 aliphatic carbocycles. The molecule has 7 heteroatoms. The van der Waals surface area contributed by atoms with Gasteiger partial charge in [-0.2, -0.15) is 10.2 Å². The molecule has 1 aliphatic rings. The van der Waals surface area contributed by atoms with Crippen molar-refractivity contribution < 1.29 is 9.59 Å². The summed E-state index contributed by atoms with van der Waals surface area (Å²) in [4.78, 5) is 23.2. The van der Waals surface area contributed by atoms with Gasteiger partial charge in [-0.05, 0) is 27.7 Å². The van der Waals surface area contributed by atoms with Crippen molar-refractivity contribution in [3.63, 3.8) is 0 Å². The molecule has 0 radical (unpaired) electrons. The number of rotatable bonds is 4. The van der Waals surface area contributed by atoms with Crippen molar-refractivity contribution in [2.24, 2.45) is 5.10 Å². The lowest BCUT2D eigenvalue weighted by Gasteiger charge is -2.17. The van der Waals surface area contributed by atoms with Crippen molar-refractivity contribution in [1.82, 2.24) is 20.5 Å². The summed E-state index contributed by atoms with van der Waals surface area (Å²) in [6.07, 6.45) is 0.670. The summed E-state index contributed by atoms with van der Waals surface area (Å²) in [5.41, 5.74) is 5.70. The number of nitrogens with zero attached hydrogens (tertiary/aromatic N) is 3. The fourth-order valence-electron chi connectivity index (χ4n) is 2.64. The molecule has 7 nitrogen and oxygen atoms in total. The van der Waals surface area contributed by atoms with Crippen LogP contribution in [0.25, 0.3) is 0 Å². The maximum atomic E-state index is 12.2. The molecule has 0 spiro atoms. The minimum Gasteiger partial charge on any atom is -0.344 e. The van der Waals surface area contributed by atoms with E-state index in [1.165, 1.54) is 0 Å². The molecule has 114 valence electrons. The highest BCUT2D eigenvalue weighted by molar-refractivity contribution is 6.39. The second-order valence-electron chi connectivity index (χ2n) is 5.19. The molecule has 2 N–H and O–H groups in total. The molecule has 1 aliphatic heterocycles. The maximum absolute atomic E-state index is 12.2. The SMILES string of the molecule is CCn1nc(C)c(C(C)NC(=O)C2=NNC(=O)CC2)c1C. The fourth-order valence-corrected chi connectivity index (χ4v) is 2.64. The summed E-state index contributed by atoms with van der Waals surface area (Å²) < 4.78 is 1.92. The van der Waals surface area contributed by atoms with E-state index in [9.17, 15) is 9.59 Å². The standard InChI is InChI=1S/C14H21N5O2/c1-5-19-10(4)13(9(3)18-19)8(2)15-14(21)11-6-7-12(20)17-16-11/h8H,5-7H2,1-4H3,(H,15,21)(H,17,20). The zero-order valence-corrected chi connectivity index (χ0v) is 12.9. The minimum absolute atomic E-state index is 0.155. The van der Waals surface area contributed by atoms with Gasteiger partial charge in [0.15, 0.2) is 0 Å². The molecule has 21 heavy (non-hydrogen) atoms. The summed E-state index contributed by atoms with van der Waals surface area (Å²) in [6.45, 7) is 8.70. The third-order valence-corrected chi connectivity index (χ3v) is 3.68. The van der Waals surface area contributed by atoms with E-state index in [0.717, 1.165) is 23.5 Å². The fraction of sp³-hybridized carbons (Fsp3) is 0.571. The number of carbonyl (C=O) groups is 2. The zero-order chi connectivity index (χ0) is 15.6. The van der Waals surface area contributed by atoms with Crippen LogP contribution in [0.5, 0.6) is 0 Å². The van der Waals surface area contributed by atoms with E-state index >= 15 is 0 Å². The monoisotopic (exact) mass is 291 g/mol. The highest BCUT2D eigenvalue weighted by Gasteiger charge is 2.23. The van der Waals surface area contributed by atoms with Gasteiger partial charge in [-0.1, -0.05) is 0 Å². The normalized spacial score (nSPS) is 16.2. The van der Waals surface area contributed by atoms with E-state index in [-0.39, 0.29) is 17.9 Å². The summed E-state index contributed by atoms with van der Waals surface area (Å²) in [7, 11) is 0. The average Bonchev–Trinajstić information content (AvgIpc) is 2.73. The molecule has 0 aromatic carbocycles. The largest absolute Gasteiger partial charge is 0.344 e. The number of aryl methyl sites for hydroxylation is 2. The van der Waals surface area contributed by atoms with Crippen LogP contribution in [-0.2, 0) is 16.1 Å². The van der Waals surface area contributed by atoms with Gasteiger partial charge in [-0.15, -0.1) is 0 Å². The molecule has 1 atom stereocenters. The Kier molecular flexibility index (Phi) is 4.40. The molecule has 1 unspecified atom stereocenters. The van der Waals surface area contributed by atoms with Crippen molar-refractivity contribution >= 4 is 17.5 Å². The second kappa shape index (κ2) is 6.07. The number of hydrogen-bond acceptors (Lipinski definition) is 4. The van der Waals surface area contributed by atoms with Crippen molar-refractivity contribution in [3.05, 3.63) is 17.0 Å². The highest BCUT2D eigenvalue weighted by atomic mass is 16.2. The average molecular weight is 291 g/mol. The van der Waals surface area contributed by atoms with Crippen LogP contribution in [0.1, 0.15) is 49.7 Å². The van der Waals surface area contributed by atoms with Crippen LogP contribution < -0.4 is 10.7 Å². The lowest BCUT2D eigenvalue weighted by Crippen LogP contribution is -2.38. The van der Waals surface area contributed by atoms with Crippen LogP contribution in [0.2, 0.25) is 0 Å². The number of aromatic nitrogens is 2. The molecule has 2 heterocycles. The lowest BCUT2D eigenvalue weighted by atomic mass is 10.1. The van der Waals surface area contributed by atoms with Crippen molar-refractivity contribution in [2.45, 2.75) is 53.1 Å².